The van der Waals surface area contributed by atoms with E-state index < -0.39 is 18.2 Å². The molecule has 0 atom stereocenters. The van der Waals surface area contributed by atoms with Gasteiger partial charge in [-0.05, 0) is 42.8 Å². The van der Waals surface area contributed by atoms with Crippen molar-refractivity contribution < 1.29 is 14.7 Å². The fraction of sp³-hybridized carbons (Fsp3) is 0.118. The third kappa shape index (κ3) is 5.77. The van der Waals surface area contributed by atoms with Crippen molar-refractivity contribution in [2.75, 3.05) is 5.32 Å². The zero-order valence-corrected chi connectivity index (χ0v) is 14.7. The second kappa shape index (κ2) is 8.50. The molecule has 2 aromatic carbocycles. The molecular weight excluding hydrogens is 365 g/mol. The number of hydrogen-bond donors (Lipinski definition) is 3. The third-order valence-corrected chi connectivity index (χ3v) is 3.80. The van der Waals surface area contributed by atoms with Gasteiger partial charge in [0.2, 0.25) is 11.8 Å². The summed E-state index contributed by atoms with van der Waals surface area (Å²) in [5, 5.41) is 16.8. The largest absolute Gasteiger partial charge is 0.507 e. The Labute approximate surface area is 154 Å². The number of nitrogens with zero attached hydrogens (tertiary/aromatic N) is 1. The van der Waals surface area contributed by atoms with Gasteiger partial charge in [-0.25, -0.2) is 5.43 Å². The molecule has 0 spiro atoms. The molecule has 0 saturated heterocycles. The molecule has 2 amide bonds. The van der Waals surface area contributed by atoms with Crippen molar-refractivity contribution in [1.82, 2.24) is 5.43 Å². The molecule has 0 saturated carbocycles. The highest BCUT2D eigenvalue weighted by atomic mass is 35.5. The number of nitrogens with one attached hydrogen (secondary N) is 2. The molecule has 0 fully saturated rings. The maximum absolute atomic E-state index is 11.8. The van der Waals surface area contributed by atoms with Crippen LogP contribution in [-0.4, -0.2) is 23.1 Å². The van der Waals surface area contributed by atoms with E-state index in [1.54, 1.807) is 18.2 Å². The smallest absolute Gasteiger partial charge is 0.249 e. The molecule has 0 radical (unpaired) electrons. The lowest BCUT2D eigenvalue weighted by Gasteiger charge is -2.06. The number of anilines is 1. The van der Waals surface area contributed by atoms with Crippen LogP contribution in [0.4, 0.5) is 5.69 Å². The van der Waals surface area contributed by atoms with Gasteiger partial charge in [0.15, 0.2) is 0 Å². The van der Waals surface area contributed by atoms with Crippen LogP contribution in [-0.2, 0) is 9.59 Å². The second-order valence-corrected chi connectivity index (χ2v) is 6.03. The van der Waals surface area contributed by atoms with E-state index in [2.05, 4.69) is 15.8 Å². The Kier molecular flexibility index (Phi) is 6.38. The predicted molar refractivity (Wildman–Crippen MR) is 98.3 cm³/mol. The van der Waals surface area contributed by atoms with Gasteiger partial charge in [-0.2, -0.15) is 5.10 Å². The number of carbonyl (C=O) groups is 2. The average molecular weight is 380 g/mol. The molecule has 25 heavy (non-hydrogen) atoms. The van der Waals surface area contributed by atoms with E-state index in [9.17, 15) is 14.7 Å². The molecule has 0 aromatic heterocycles. The molecule has 0 unspecified atom stereocenters. The van der Waals surface area contributed by atoms with Gasteiger partial charge in [-0.3, -0.25) is 9.59 Å². The van der Waals surface area contributed by atoms with E-state index >= 15 is 0 Å². The minimum absolute atomic E-state index is 0.0311. The van der Waals surface area contributed by atoms with E-state index in [4.69, 9.17) is 23.2 Å². The SMILES string of the molecule is Cc1ccc(NC(=O)CC(=O)NN=Cc2cc(Cl)ccc2O)cc1Cl. The summed E-state index contributed by atoms with van der Waals surface area (Å²) in [4.78, 5) is 23.5. The molecule has 0 aliphatic heterocycles. The van der Waals surface area contributed by atoms with E-state index in [1.165, 1.54) is 24.4 Å². The lowest BCUT2D eigenvalue weighted by Crippen LogP contribution is -2.24. The van der Waals surface area contributed by atoms with Gasteiger partial charge in [-0.1, -0.05) is 29.3 Å². The summed E-state index contributed by atoms with van der Waals surface area (Å²) in [5.41, 5.74) is 3.93. The summed E-state index contributed by atoms with van der Waals surface area (Å²) in [5.74, 6) is -1.14. The summed E-state index contributed by atoms with van der Waals surface area (Å²) in [7, 11) is 0. The maximum atomic E-state index is 11.8. The van der Waals surface area contributed by atoms with Gasteiger partial charge < -0.3 is 10.4 Å². The summed E-state index contributed by atoms with van der Waals surface area (Å²) in [6, 6.07) is 9.48. The maximum Gasteiger partial charge on any atom is 0.249 e. The first-order chi connectivity index (χ1) is 11.8. The lowest BCUT2D eigenvalue weighted by atomic mass is 10.2. The number of hydrogen-bond acceptors (Lipinski definition) is 4. The van der Waals surface area contributed by atoms with Crippen LogP contribution < -0.4 is 10.7 Å². The first kappa shape index (κ1) is 18.8. The van der Waals surface area contributed by atoms with Crippen LogP contribution in [0.2, 0.25) is 10.0 Å². The van der Waals surface area contributed by atoms with Crippen LogP contribution in [0.25, 0.3) is 0 Å². The Morgan fingerprint density at radius 1 is 1.16 bits per heavy atom. The molecule has 2 rings (SSSR count). The van der Waals surface area contributed by atoms with Crippen LogP contribution >= 0.6 is 23.2 Å². The molecule has 3 N–H and O–H groups in total. The fourth-order valence-electron chi connectivity index (χ4n) is 1.86. The number of phenolic OH excluding ortho intramolecular Hbond substituents is 1. The van der Waals surface area contributed by atoms with Gasteiger partial charge in [-0.15, -0.1) is 0 Å². The van der Waals surface area contributed by atoms with Crippen molar-refractivity contribution in [3.8, 4) is 5.75 Å². The first-order valence-electron chi connectivity index (χ1n) is 7.21. The number of hydrazone groups is 1. The highest BCUT2D eigenvalue weighted by molar-refractivity contribution is 6.31. The fourth-order valence-corrected chi connectivity index (χ4v) is 2.22. The van der Waals surface area contributed by atoms with Crippen molar-refractivity contribution in [2.24, 2.45) is 5.10 Å². The highest BCUT2D eigenvalue weighted by Crippen LogP contribution is 2.20. The number of benzene rings is 2. The second-order valence-electron chi connectivity index (χ2n) is 5.19. The monoisotopic (exact) mass is 379 g/mol. The highest BCUT2D eigenvalue weighted by Gasteiger charge is 2.09. The summed E-state index contributed by atoms with van der Waals surface area (Å²) < 4.78 is 0. The van der Waals surface area contributed by atoms with Gasteiger partial charge in [0.05, 0.1) is 6.21 Å². The Balaban J connectivity index is 1.87. The normalized spacial score (nSPS) is 10.7. The average Bonchev–Trinajstić information content (AvgIpc) is 2.54. The summed E-state index contributed by atoms with van der Waals surface area (Å²) >= 11 is 11.8. The van der Waals surface area contributed by atoms with Crippen LogP contribution in [0, 0.1) is 6.92 Å². The summed E-state index contributed by atoms with van der Waals surface area (Å²) in [6.45, 7) is 1.84. The molecule has 0 aliphatic rings. The Bertz CT molecular complexity index is 838. The van der Waals surface area contributed by atoms with Gasteiger partial charge in [0, 0.05) is 21.3 Å². The van der Waals surface area contributed by atoms with Gasteiger partial charge >= 0.3 is 0 Å². The topological polar surface area (TPSA) is 90.8 Å². The van der Waals surface area contributed by atoms with Gasteiger partial charge in [0.1, 0.15) is 12.2 Å². The molecule has 2 aromatic rings. The molecule has 0 bridgehead atoms. The molecule has 0 aliphatic carbocycles. The van der Waals surface area contributed by atoms with Crippen molar-refractivity contribution in [2.45, 2.75) is 13.3 Å². The molecule has 8 heteroatoms. The zero-order valence-electron chi connectivity index (χ0n) is 13.2. The quantitative estimate of drug-likeness (QED) is 0.421. The van der Waals surface area contributed by atoms with Crippen LogP contribution in [0.5, 0.6) is 5.75 Å². The van der Waals surface area contributed by atoms with E-state index in [0.717, 1.165) is 5.56 Å². The lowest BCUT2D eigenvalue weighted by molar-refractivity contribution is -0.126. The van der Waals surface area contributed by atoms with Crippen LogP contribution in [0.1, 0.15) is 17.5 Å². The molecule has 130 valence electrons. The predicted octanol–water partition coefficient (Wildman–Crippen LogP) is 3.49. The van der Waals surface area contributed by atoms with Crippen LogP contribution in [0.3, 0.4) is 0 Å². The number of rotatable bonds is 5. The number of halogens is 2. The number of aryl methyl sites for hydroxylation is 1. The first-order valence-corrected chi connectivity index (χ1v) is 7.97. The van der Waals surface area contributed by atoms with Crippen molar-refractivity contribution in [1.29, 1.82) is 0 Å². The minimum Gasteiger partial charge on any atom is -0.507 e. The number of amides is 2. The van der Waals surface area contributed by atoms with Crippen molar-refractivity contribution >= 4 is 46.9 Å². The molecular formula is C17H15Cl2N3O3. The minimum atomic E-state index is -0.603. The third-order valence-electron chi connectivity index (χ3n) is 3.16. The standard InChI is InChI=1S/C17H15Cl2N3O3/c1-10-2-4-13(7-14(10)19)21-16(24)8-17(25)22-20-9-11-6-12(18)3-5-15(11)23/h2-7,9,23H,8H2,1H3,(H,21,24)(H,22,25). The molecule has 0 heterocycles. The van der Waals surface area contributed by atoms with E-state index in [-0.39, 0.29) is 5.75 Å². The van der Waals surface area contributed by atoms with E-state index in [1.807, 2.05) is 6.92 Å². The summed E-state index contributed by atoms with van der Waals surface area (Å²) in [6.07, 6.45) is 0.821. The van der Waals surface area contributed by atoms with E-state index in [0.29, 0.717) is 21.3 Å². The Morgan fingerprint density at radius 3 is 2.64 bits per heavy atom. The van der Waals surface area contributed by atoms with Crippen molar-refractivity contribution in [3.05, 3.63) is 57.6 Å². The number of carbonyl (C=O) groups excluding carboxylic acids is 2. The number of aromatic hydroxyl groups is 1. The Morgan fingerprint density at radius 2 is 1.92 bits per heavy atom. The Hall–Kier alpha value is -2.57. The van der Waals surface area contributed by atoms with Gasteiger partial charge in [0.25, 0.3) is 0 Å². The van der Waals surface area contributed by atoms with Crippen molar-refractivity contribution in [3.63, 3.8) is 0 Å². The van der Waals surface area contributed by atoms with Crippen LogP contribution in [0.15, 0.2) is 41.5 Å². The number of phenols is 1. The molecule has 6 nitrogen and oxygen atoms in total. The zero-order chi connectivity index (χ0) is 18.4.